The van der Waals surface area contributed by atoms with E-state index in [2.05, 4.69) is 48.3 Å². The first kappa shape index (κ1) is 69.4. The lowest BCUT2D eigenvalue weighted by atomic mass is 9.95. The van der Waals surface area contributed by atoms with Crippen LogP contribution in [0.1, 0.15) is 182 Å². The van der Waals surface area contributed by atoms with Gasteiger partial charge in [-0.2, -0.15) is 0 Å². The molecule has 2 atom stereocenters. The van der Waals surface area contributed by atoms with Crippen molar-refractivity contribution in [3.63, 3.8) is 0 Å². The van der Waals surface area contributed by atoms with Crippen molar-refractivity contribution in [2.75, 3.05) is 13.7 Å². The summed E-state index contributed by atoms with van der Waals surface area (Å²) in [5.41, 5.74) is 3.81. The molecule has 11 nitrogen and oxygen atoms in total. The second-order valence-electron chi connectivity index (χ2n) is 17.3. The number of benzene rings is 3. The molecule has 0 spiro atoms. The van der Waals surface area contributed by atoms with Crippen LogP contribution in [0.2, 0.25) is 0 Å². The third-order valence-electron chi connectivity index (χ3n) is 9.78. The Bertz CT molecular complexity index is 2160. The molecular weight excluding hydrogens is 933 g/mol. The molecule has 406 valence electrons. The van der Waals surface area contributed by atoms with Gasteiger partial charge in [-0.15, -0.1) is 11.3 Å². The summed E-state index contributed by atoms with van der Waals surface area (Å²) in [6.07, 6.45) is 10.5. The lowest BCUT2D eigenvalue weighted by Gasteiger charge is -2.25. The Labute approximate surface area is 446 Å². The predicted molar refractivity (Wildman–Crippen MR) is 307 cm³/mol. The van der Waals surface area contributed by atoms with Crippen LogP contribution in [0.3, 0.4) is 0 Å². The average Bonchev–Trinajstić information content (AvgIpc) is 3.93. The summed E-state index contributed by atoms with van der Waals surface area (Å²) in [6.45, 7) is 34.6. The number of nitrogens with one attached hydrogen (secondary N) is 2. The smallest absolute Gasteiger partial charge is 0.329 e. The van der Waals surface area contributed by atoms with Crippen LogP contribution in [-0.2, 0) is 42.3 Å². The second-order valence-corrected chi connectivity index (χ2v) is 18.5. The summed E-state index contributed by atoms with van der Waals surface area (Å²) in [4.78, 5) is 60.8. The summed E-state index contributed by atoms with van der Waals surface area (Å²) in [6, 6.07) is 26.9. The molecule has 5 aromatic rings. The van der Waals surface area contributed by atoms with Gasteiger partial charge in [0.1, 0.15) is 24.0 Å². The van der Waals surface area contributed by atoms with Gasteiger partial charge in [-0.3, -0.25) is 14.4 Å². The molecule has 73 heavy (non-hydrogen) atoms. The summed E-state index contributed by atoms with van der Waals surface area (Å²) in [5.74, 6) is -0.341. The highest BCUT2D eigenvalue weighted by Crippen LogP contribution is 2.29. The van der Waals surface area contributed by atoms with Gasteiger partial charge >= 0.3 is 11.9 Å². The van der Waals surface area contributed by atoms with E-state index >= 15 is 0 Å². The quantitative estimate of drug-likeness (QED) is 0.0439. The molecule has 0 aliphatic carbocycles. The summed E-state index contributed by atoms with van der Waals surface area (Å²) in [7, 11) is 1.67. The number of unbranched alkanes of at least 4 members (excludes halogenated alkanes) is 4. The first-order valence-corrected chi connectivity index (χ1v) is 27.5. The van der Waals surface area contributed by atoms with Gasteiger partial charge in [0.25, 0.3) is 0 Å². The fourth-order valence-electron chi connectivity index (χ4n) is 6.24. The molecule has 0 radical (unpaired) electrons. The van der Waals surface area contributed by atoms with Crippen LogP contribution >= 0.6 is 11.3 Å². The van der Waals surface area contributed by atoms with Crippen molar-refractivity contribution in [3.8, 4) is 28.3 Å². The lowest BCUT2D eigenvalue weighted by molar-refractivity contribution is -0.162. The largest absolute Gasteiger partial charge is 0.494 e. The predicted octanol–water partition coefficient (Wildman–Crippen LogP) is 15.2. The summed E-state index contributed by atoms with van der Waals surface area (Å²) < 4.78 is 16.8. The molecule has 2 heterocycles. The number of hydrogen-bond donors (Lipinski definition) is 2. The molecule has 0 aliphatic rings. The maximum Gasteiger partial charge on any atom is 0.329 e. The van der Waals surface area contributed by atoms with E-state index < -0.39 is 35.5 Å². The van der Waals surface area contributed by atoms with Crippen molar-refractivity contribution in [1.29, 1.82) is 0 Å². The van der Waals surface area contributed by atoms with Gasteiger partial charge in [0.15, 0.2) is 12.1 Å². The number of ether oxygens (including phenoxy) is 3. The standard InChI is InChI=1S/C42H52N4O6.C9H12OS.5C2H6/c1-6-7-8-9-13-24-50-35-22-20-32(21-23-35)34-27-44-39(45-28-34)33-18-16-30(17-19-33)25-36(43-5)40(48)46-37(41(49)52-42(2,3)4)26-38(47)51-29-31-14-11-10-12-15-31;1-9(2,3)8-5-4-7(6-10)11-8;5*1-2/h10-12,14-23,27-28,36-37,43H,6-9,13,24-26,29H2,1-5H3,(H,46,48);4-6H,1-3H3;5*1-2H3. The summed E-state index contributed by atoms with van der Waals surface area (Å²) >= 11 is 1.57. The van der Waals surface area contributed by atoms with Crippen LogP contribution in [0.4, 0.5) is 0 Å². The van der Waals surface area contributed by atoms with Gasteiger partial charge in [0, 0.05) is 28.4 Å². The van der Waals surface area contributed by atoms with Gasteiger partial charge in [-0.05, 0) is 87.0 Å². The van der Waals surface area contributed by atoms with Crippen molar-refractivity contribution < 1.29 is 33.4 Å². The first-order chi connectivity index (χ1) is 35.1. The lowest BCUT2D eigenvalue weighted by Crippen LogP contribution is -2.52. The Hall–Kier alpha value is -5.72. The van der Waals surface area contributed by atoms with Crippen molar-refractivity contribution in [1.82, 2.24) is 20.6 Å². The molecule has 0 fully saturated rings. The minimum Gasteiger partial charge on any atom is -0.494 e. The molecule has 5 rings (SSSR count). The highest BCUT2D eigenvalue weighted by Gasteiger charge is 2.31. The number of hydrogen-bond acceptors (Lipinski definition) is 11. The highest BCUT2D eigenvalue weighted by atomic mass is 32.1. The molecule has 0 saturated heterocycles. The number of nitrogens with zero attached hydrogens (tertiary/aromatic N) is 2. The third-order valence-corrected chi connectivity index (χ3v) is 11.2. The topological polar surface area (TPSA) is 146 Å². The maximum absolute atomic E-state index is 13.4. The van der Waals surface area contributed by atoms with Crippen LogP contribution in [0, 0.1) is 0 Å². The van der Waals surface area contributed by atoms with E-state index in [0.29, 0.717) is 12.2 Å². The molecule has 2 aromatic heterocycles. The van der Waals surface area contributed by atoms with E-state index in [9.17, 15) is 19.2 Å². The molecule has 1 amide bonds. The SMILES string of the molecule is CC.CC.CC.CC.CC.CC(C)(C)c1ccc(C=O)s1.CCCCCCCOc1ccc(-c2cnc(-c3ccc(CC(NC)C(=O)NC(CC(=O)OCc4ccccc4)C(=O)OC(C)(C)C)cc3)nc2)cc1. The second kappa shape index (κ2) is 40.7. The number of rotatable bonds is 20. The molecule has 2 unspecified atom stereocenters. The fraction of sp³-hybridized carbons (Fsp3) is 0.508. The van der Waals surface area contributed by atoms with Gasteiger partial charge < -0.3 is 24.8 Å². The maximum atomic E-state index is 13.4. The number of thiophene rings is 1. The van der Waals surface area contributed by atoms with Crippen LogP contribution in [0.5, 0.6) is 5.75 Å². The molecular formula is C61H94N4O7S. The highest BCUT2D eigenvalue weighted by molar-refractivity contribution is 7.13. The number of carbonyl (C=O) groups is 4. The zero-order valence-corrected chi connectivity index (χ0v) is 48.9. The van der Waals surface area contributed by atoms with Crippen LogP contribution in [0.25, 0.3) is 22.5 Å². The van der Waals surface area contributed by atoms with E-state index in [4.69, 9.17) is 14.2 Å². The van der Waals surface area contributed by atoms with E-state index in [1.54, 1.807) is 51.5 Å². The van der Waals surface area contributed by atoms with E-state index in [1.165, 1.54) is 30.6 Å². The van der Waals surface area contributed by atoms with Crippen LogP contribution < -0.4 is 15.4 Å². The molecule has 2 N–H and O–H groups in total. The number of carbonyl (C=O) groups excluding carboxylic acids is 4. The monoisotopic (exact) mass is 1030 g/mol. The minimum atomic E-state index is -1.22. The Morgan fingerprint density at radius 1 is 0.658 bits per heavy atom. The Morgan fingerprint density at radius 3 is 1.71 bits per heavy atom. The number of likely N-dealkylation sites (N-methyl/N-ethyl adjacent to an activating group) is 1. The number of amides is 1. The van der Waals surface area contributed by atoms with Crippen molar-refractivity contribution in [2.45, 2.75) is 192 Å². The molecule has 12 heteroatoms. The summed E-state index contributed by atoms with van der Waals surface area (Å²) in [5, 5.41) is 5.73. The van der Waals surface area contributed by atoms with Crippen LogP contribution in [-0.4, -0.2) is 65.4 Å². The van der Waals surface area contributed by atoms with Gasteiger partial charge in [0.2, 0.25) is 5.91 Å². The van der Waals surface area contributed by atoms with E-state index in [1.807, 2.05) is 160 Å². The normalized spacial score (nSPS) is 11.0. The van der Waals surface area contributed by atoms with Crippen molar-refractivity contribution in [3.05, 3.63) is 124 Å². The number of aromatic nitrogens is 2. The zero-order valence-electron chi connectivity index (χ0n) is 48.1. The Morgan fingerprint density at radius 2 is 1.22 bits per heavy atom. The van der Waals surface area contributed by atoms with Gasteiger partial charge in [-0.1, -0.05) is 189 Å². The van der Waals surface area contributed by atoms with Crippen molar-refractivity contribution >= 4 is 35.5 Å². The molecule has 0 bridgehead atoms. The molecule has 3 aromatic carbocycles. The Kier molecular flexibility index (Phi) is 38.7. The fourth-order valence-corrected chi connectivity index (χ4v) is 7.12. The number of esters is 2. The van der Waals surface area contributed by atoms with Crippen LogP contribution in [0.15, 0.2) is 103 Å². The van der Waals surface area contributed by atoms with E-state index in [0.717, 1.165) is 57.8 Å². The van der Waals surface area contributed by atoms with Gasteiger partial charge in [0.05, 0.1) is 23.9 Å². The Balaban J connectivity index is 0. The minimum absolute atomic E-state index is 0.0575. The molecule has 0 saturated carbocycles. The third kappa shape index (κ3) is 28.9. The van der Waals surface area contributed by atoms with Crippen molar-refractivity contribution in [2.24, 2.45) is 0 Å². The van der Waals surface area contributed by atoms with E-state index in [-0.39, 0.29) is 18.4 Å². The van der Waals surface area contributed by atoms with Gasteiger partial charge in [-0.25, -0.2) is 14.8 Å². The number of aldehydes is 1. The zero-order chi connectivity index (χ0) is 55.8. The first-order valence-electron chi connectivity index (χ1n) is 26.7. The average molecular weight is 1030 g/mol. The molecule has 0 aliphatic heterocycles.